The van der Waals surface area contributed by atoms with E-state index >= 15 is 0 Å². The van der Waals surface area contributed by atoms with Crippen molar-refractivity contribution in [1.29, 1.82) is 0 Å². The number of benzene rings is 3. The van der Waals surface area contributed by atoms with E-state index in [-0.39, 0.29) is 18.0 Å². The van der Waals surface area contributed by atoms with E-state index in [1.54, 1.807) is 7.11 Å². The second-order valence-electron chi connectivity index (χ2n) is 7.03. The van der Waals surface area contributed by atoms with Crippen LogP contribution in [0, 0.1) is 0 Å². The molecule has 0 aliphatic carbocycles. The first kappa shape index (κ1) is 16.6. The van der Waals surface area contributed by atoms with Gasteiger partial charge in [-0.2, -0.15) is 4.98 Å². The van der Waals surface area contributed by atoms with Crippen molar-refractivity contribution in [2.75, 3.05) is 18.2 Å². The Kier molecular flexibility index (Phi) is 3.90. The van der Waals surface area contributed by atoms with E-state index in [1.807, 2.05) is 16.8 Å². The standard InChI is InChI=1S/C22H21N5O/c1-28-16-9-4-8-15(12-16)19-13-20(27-22(24-19)25-21(23)26-27)18-11-5-7-14-6-2-3-10-17(14)18/h2-12,19-20H,13H2,1H3,(H3,23,24,25,26)/t19-,20-/m0/s1. The number of aromatic nitrogens is 3. The normalized spacial score (nSPS) is 18.5. The summed E-state index contributed by atoms with van der Waals surface area (Å²) < 4.78 is 7.32. The highest BCUT2D eigenvalue weighted by molar-refractivity contribution is 5.86. The van der Waals surface area contributed by atoms with Crippen LogP contribution in [0.4, 0.5) is 11.9 Å². The summed E-state index contributed by atoms with van der Waals surface area (Å²) >= 11 is 0. The first-order valence-corrected chi connectivity index (χ1v) is 9.33. The molecule has 0 unspecified atom stereocenters. The SMILES string of the molecule is COc1cccc([C@@H]2C[C@@H](c3cccc4ccccc34)n3nc(N)nc3N2)c1. The van der Waals surface area contributed by atoms with Gasteiger partial charge in [0, 0.05) is 0 Å². The van der Waals surface area contributed by atoms with Gasteiger partial charge in [-0.1, -0.05) is 54.6 Å². The zero-order valence-electron chi connectivity index (χ0n) is 15.5. The summed E-state index contributed by atoms with van der Waals surface area (Å²) in [7, 11) is 1.68. The number of rotatable bonds is 3. The van der Waals surface area contributed by atoms with Gasteiger partial charge in [-0.3, -0.25) is 0 Å². The molecule has 0 amide bonds. The first-order chi connectivity index (χ1) is 13.7. The van der Waals surface area contributed by atoms with Crippen molar-refractivity contribution in [1.82, 2.24) is 14.8 Å². The fourth-order valence-corrected chi connectivity index (χ4v) is 4.07. The summed E-state index contributed by atoms with van der Waals surface area (Å²) in [5, 5.41) is 10.4. The molecule has 0 spiro atoms. The summed E-state index contributed by atoms with van der Waals surface area (Å²) in [6, 6.07) is 23.1. The molecule has 6 heteroatoms. The van der Waals surface area contributed by atoms with Gasteiger partial charge in [0.05, 0.1) is 19.2 Å². The third-order valence-corrected chi connectivity index (χ3v) is 5.38. The Morgan fingerprint density at radius 3 is 2.79 bits per heavy atom. The highest BCUT2D eigenvalue weighted by atomic mass is 16.5. The molecule has 3 N–H and O–H groups in total. The zero-order chi connectivity index (χ0) is 19.1. The Morgan fingerprint density at radius 1 is 1.07 bits per heavy atom. The molecule has 6 nitrogen and oxygen atoms in total. The lowest BCUT2D eigenvalue weighted by Crippen LogP contribution is -2.28. The van der Waals surface area contributed by atoms with Gasteiger partial charge in [-0.15, -0.1) is 5.10 Å². The molecule has 1 aromatic heterocycles. The lowest BCUT2D eigenvalue weighted by atomic mass is 9.90. The van der Waals surface area contributed by atoms with Gasteiger partial charge in [0.2, 0.25) is 11.9 Å². The van der Waals surface area contributed by atoms with E-state index in [9.17, 15) is 0 Å². The monoisotopic (exact) mass is 371 g/mol. The Morgan fingerprint density at radius 2 is 1.89 bits per heavy atom. The minimum atomic E-state index is 0.0309. The largest absolute Gasteiger partial charge is 0.497 e. The summed E-state index contributed by atoms with van der Waals surface area (Å²) in [6.07, 6.45) is 0.830. The van der Waals surface area contributed by atoms with E-state index < -0.39 is 0 Å². The topological polar surface area (TPSA) is 78.0 Å². The molecule has 0 fully saturated rings. The highest BCUT2D eigenvalue weighted by Gasteiger charge is 2.31. The molecule has 2 heterocycles. The van der Waals surface area contributed by atoms with Gasteiger partial charge >= 0.3 is 0 Å². The number of anilines is 2. The number of nitrogens with two attached hydrogens (primary N) is 1. The van der Waals surface area contributed by atoms with Crippen LogP contribution >= 0.6 is 0 Å². The van der Waals surface area contributed by atoms with Crippen molar-refractivity contribution in [2.24, 2.45) is 0 Å². The molecule has 140 valence electrons. The second kappa shape index (κ2) is 6.56. The predicted octanol–water partition coefficient (Wildman–Crippen LogP) is 4.17. The van der Waals surface area contributed by atoms with Crippen molar-refractivity contribution >= 4 is 22.7 Å². The van der Waals surface area contributed by atoms with Crippen molar-refractivity contribution < 1.29 is 4.74 Å². The maximum absolute atomic E-state index is 5.94. The summed E-state index contributed by atoms with van der Waals surface area (Å²) in [5.74, 6) is 1.81. The van der Waals surface area contributed by atoms with Crippen LogP contribution in [-0.4, -0.2) is 21.9 Å². The van der Waals surface area contributed by atoms with Crippen LogP contribution in [0.1, 0.15) is 29.6 Å². The molecule has 2 atom stereocenters. The number of nitrogens with one attached hydrogen (secondary N) is 1. The third-order valence-electron chi connectivity index (χ3n) is 5.38. The quantitative estimate of drug-likeness (QED) is 0.565. The number of fused-ring (bicyclic) bond motifs is 2. The van der Waals surface area contributed by atoms with Crippen LogP contribution in [-0.2, 0) is 0 Å². The summed E-state index contributed by atoms with van der Waals surface area (Å²) in [4.78, 5) is 4.41. The van der Waals surface area contributed by atoms with Gasteiger partial charge in [0.1, 0.15) is 5.75 Å². The van der Waals surface area contributed by atoms with Gasteiger partial charge < -0.3 is 15.8 Å². The third kappa shape index (κ3) is 2.74. The highest BCUT2D eigenvalue weighted by Crippen LogP contribution is 2.40. The Labute approximate surface area is 163 Å². The second-order valence-corrected chi connectivity index (χ2v) is 7.03. The molecule has 0 radical (unpaired) electrons. The maximum Gasteiger partial charge on any atom is 0.241 e. The van der Waals surface area contributed by atoms with E-state index in [1.165, 1.54) is 16.3 Å². The van der Waals surface area contributed by atoms with Crippen molar-refractivity contribution in [3.8, 4) is 5.75 Å². The lowest BCUT2D eigenvalue weighted by molar-refractivity contribution is 0.410. The molecule has 0 saturated heterocycles. The minimum Gasteiger partial charge on any atom is -0.497 e. The maximum atomic E-state index is 5.94. The molecule has 28 heavy (non-hydrogen) atoms. The Bertz CT molecular complexity index is 1150. The smallest absolute Gasteiger partial charge is 0.241 e. The average molecular weight is 371 g/mol. The van der Waals surface area contributed by atoms with Crippen molar-refractivity contribution in [3.63, 3.8) is 0 Å². The van der Waals surface area contributed by atoms with Gasteiger partial charge in [-0.25, -0.2) is 4.68 Å². The number of methoxy groups -OCH3 is 1. The fourth-order valence-electron chi connectivity index (χ4n) is 4.07. The number of nitrogens with zero attached hydrogens (tertiary/aromatic N) is 3. The van der Waals surface area contributed by atoms with Crippen molar-refractivity contribution in [2.45, 2.75) is 18.5 Å². The van der Waals surface area contributed by atoms with Gasteiger partial charge in [-0.05, 0) is 40.5 Å². The molecular weight excluding hydrogens is 350 g/mol. The summed E-state index contributed by atoms with van der Waals surface area (Å²) in [5.41, 5.74) is 8.31. The molecule has 0 bridgehead atoms. The van der Waals surface area contributed by atoms with Gasteiger partial charge in [0.15, 0.2) is 0 Å². The van der Waals surface area contributed by atoms with E-state index in [0.717, 1.165) is 17.7 Å². The first-order valence-electron chi connectivity index (χ1n) is 9.33. The van der Waals surface area contributed by atoms with Crippen LogP contribution in [0.5, 0.6) is 5.75 Å². The lowest BCUT2D eigenvalue weighted by Gasteiger charge is -2.32. The van der Waals surface area contributed by atoms with Crippen LogP contribution in [0.2, 0.25) is 0 Å². The van der Waals surface area contributed by atoms with Gasteiger partial charge in [0.25, 0.3) is 0 Å². The van der Waals surface area contributed by atoms with E-state index in [2.05, 4.69) is 70.0 Å². The number of ether oxygens (including phenoxy) is 1. The minimum absolute atomic E-state index is 0.0309. The molecular formula is C22H21N5O. The zero-order valence-corrected chi connectivity index (χ0v) is 15.5. The number of nitrogen functional groups attached to an aromatic ring is 1. The molecule has 3 aromatic carbocycles. The van der Waals surface area contributed by atoms with Crippen LogP contribution in [0.25, 0.3) is 10.8 Å². The Balaban J connectivity index is 1.63. The number of hydrogen-bond donors (Lipinski definition) is 2. The molecule has 1 aliphatic heterocycles. The molecule has 0 saturated carbocycles. The summed E-state index contributed by atoms with van der Waals surface area (Å²) in [6.45, 7) is 0. The molecule has 5 rings (SSSR count). The fraction of sp³-hybridized carbons (Fsp3) is 0.182. The molecule has 1 aliphatic rings. The van der Waals surface area contributed by atoms with Crippen LogP contribution in [0.3, 0.4) is 0 Å². The van der Waals surface area contributed by atoms with E-state index in [4.69, 9.17) is 10.5 Å². The van der Waals surface area contributed by atoms with Crippen LogP contribution in [0.15, 0.2) is 66.7 Å². The van der Waals surface area contributed by atoms with E-state index in [0.29, 0.717) is 5.95 Å². The Hall–Kier alpha value is -3.54. The predicted molar refractivity (Wildman–Crippen MR) is 110 cm³/mol. The average Bonchev–Trinajstić information content (AvgIpc) is 3.13. The van der Waals surface area contributed by atoms with Crippen LogP contribution < -0.4 is 15.8 Å². The number of hydrogen-bond acceptors (Lipinski definition) is 5. The van der Waals surface area contributed by atoms with Crippen molar-refractivity contribution in [3.05, 3.63) is 77.9 Å². The molecule has 4 aromatic rings.